The van der Waals surface area contributed by atoms with E-state index in [0.717, 1.165) is 62.2 Å². The van der Waals surface area contributed by atoms with Crippen LogP contribution in [0.2, 0.25) is 15.1 Å². The Morgan fingerprint density at radius 3 is 1.23 bits per heavy atom. The largest absolute Gasteiger partial charge is 0.494 e. The van der Waals surface area contributed by atoms with Crippen molar-refractivity contribution in [1.82, 2.24) is 59.8 Å². The van der Waals surface area contributed by atoms with Crippen molar-refractivity contribution in [2.45, 2.75) is 34.6 Å². The van der Waals surface area contributed by atoms with E-state index in [4.69, 9.17) is 49.0 Å². The summed E-state index contributed by atoms with van der Waals surface area (Å²) in [6, 6.07) is 57.9. The highest BCUT2D eigenvalue weighted by atomic mass is 35.5. The third-order valence-corrected chi connectivity index (χ3v) is 18.3. The first-order valence-electron chi connectivity index (χ1n) is 37.9. The first kappa shape index (κ1) is 89.2. The van der Waals surface area contributed by atoms with Crippen LogP contribution in [0.15, 0.2) is 300 Å². The van der Waals surface area contributed by atoms with Crippen molar-refractivity contribution >= 4 is 127 Å². The van der Waals surface area contributed by atoms with E-state index in [1.54, 1.807) is 135 Å². The number of rotatable bonds is 22. The van der Waals surface area contributed by atoms with Crippen molar-refractivity contribution in [3.63, 3.8) is 0 Å². The average Bonchev–Trinajstić information content (AvgIpc) is 0.813. The average molecular weight is 1720 g/mol. The molecule has 0 radical (unpaired) electrons. The Morgan fingerprint density at radius 1 is 0.355 bits per heavy atom. The SMILES string of the molecule is CCOc1ccnc(C(=O)Nc2cc(F)cc(Oc3cncnc3)c2)c1.Cc1cccc(C(=O)Nc2cc(Cl)cc(Oc3cncnc3)c2)c1.Cc1cccc(C(=O)Nc2ccc(Cl)c(N(C)c3cncnc3)c2)c1.Cc1cccc(C(=O)Nc2ccc(Cl)c(N(C)c3cncnc3)c2)n1.Cc1cccc(C(=O)Nc2cccc(N(C)c3cncnc3)c2)c1. The van der Waals surface area contributed by atoms with Crippen molar-refractivity contribution in [2.24, 2.45) is 0 Å². The topological polar surface area (TPSA) is 338 Å². The Balaban J connectivity index is 0.000000151. The first-order valence-corrected chi connectivity index (χ1v) is 39.0. The van der Waals surface area contributed by atoms with E-state index in [1.165, 1.54) is 74.5 Å². The van der Waals surface area contributed by atoms with Gasteiger partial charge in [0.25, 0.3) is 29.5 Å². The van der Waals surface area contributed by atoms with Crippen LogP contribution < -0.4 is 55.5 Å². The van der Waals surface area contributed by atoms with Crippen LogP contribution in [0.25, 0.3) is 0 Å². The highest BCUT2D eigenvalue weighted by Gasteiger charge is 2.19. The normalized spacial score (nSPS) is 10.3. The van der Waals surface area contributed by atoms with Gasteiger partial charge in [0.15, 0.2) is 11.5 Å². The van der Waals surface area contributed by atoms with Gasteiger partial charge in [-0.3, -0.25) is 29.0 Å². The number of aryl methyl sites for hydroxylation is 4. The lowest BCUT2D eigenvalue weighted by Crippen LogP contribution is -2.15. The Kier molecular flexibility index (Phi) is 32.0. The van der Waals surface area contributed by atoms with Gasteiger partial charge < -0.3 is 55.5 Å². The standard InChI is InChI=1S/C19H17ClN4O.C19H18N4O.C18H16ClN5O.C18H14ClN3O2.C18H15FN4O3/c1-13-4-3-5-14(8-13)19(25)23-15-6-7-17(20)18(9-15)24(2)16-10-21-12-22-11-16;1-14-5-3-6-15(9-14)19(24)22-16-7-4-8-17(10-16)23(2)18-11-20-13-21-12-18;1-12-4-3-5-16(22-12)18(25)23-13-6-7-15(19)17(8-13)24(2)14-9-20-11-21-10-14;1-12-3-2-4-13(5-12)18(23)22-15-6-14(19)7-16(8-15)24-17-9-20-11-21-10-17;1-2-25-14-3-4-22-17(8-14)18(24)23-13-5-12(19)6-15(7-13)26-16-9-20-11-21-10-16/h3-12H,1-2H3,(H,23,25);3-13H,1-2H3,(H,22,24);3-11H,1-2H3,(H,23,25);2-11H,1H3,(H,22,23);3-11H,2H2,1H3,(H,23,24). The zero-order chi connectivity index (χ0) is 87.9. The summed E-state index contributed by atoms with van der Waals surface area (Å²) >= 11 is 18.7. The fraction of sp³-hybridized carbons (Fsp3) is 0.0978. The summed E-state index contributed by atoms with van der Waals surface area (Å²) in [7, 11) is 5.65. The fourth-order valence-corrected chi connectivity index (χ4v) is 12.2. The van der Waals surface area contributed by atoms with Crippen molar-refractivity contribution in [2.75, 3.05) is 69.0 Å². The van der Waals surface area contributed by atoms with Crippen LogP contribution in [0.1, 0.15) is 81.4 Å². The molecule has 124 heavy (non-hydrogen) atoms. The minimum absolute atomic E-state index is 0.124. The van der Waals surface area contributed by atoms with Crippen LogP contribution >= 0.6 is 34.8 Å². The molecule has 0 bridgehead atoms. The number of hydrogen-bond acceptors (Lipinski definition) is 23. The van der Waals surface area contributed by atoms with Gasteiger partial charge in [0.05, 0.1) is 107 Å². The van der Waals surface area contributed by atoms with E-state index in [2.05, 4.69) is 86.4 Å². The van der Waals surface area contributed by atoms with E-state index in [-0.39, 0.29) is 40.8 Å². The van der Waals surface area contributed by atoms with Crippen LogP contribution in [-0.2, 0) is 0 Å². The first-order chi connectivity index (χ1) is 59.9. The van der Waals surface area contributed by atoms with Crippen molar-refractivity contribution in [3.8, 4) is 28.7 Å². The summed E-state index contributed by atoms with van der Waals surface area (Å²) in [5.41, 5.74) is 13.9. The minimum Gasteiger partial charge on any atom is -0.494 e. The highest BCUT2D eigenvalue weighted by Crippen LogP contribution is 2.36. The second-order valence-electron chi connectivity index (χ2n) is 26.9. The summed E-state index contributed by atoms with van der Waals surface area (Å²) in [5.74, 6) is 0.207. The minimum atomic E-state index is -0.564. The summed E-state index contributed by atoms with van der Waals surface area (Å²) in [5, 5.41) is 15.7. The molecule has 0 atom stereocenters. The number of halogens is 4. The maximum atomic E-state index is 13.8. The zero-order valence-corrected chi connectivity index (χ0v) is 70.3. The van der Waals surface area contributed by atoms with E-state index in [0.29, 0.717) is 84.1 Å². The van der Waals surface area contributed by atoms with E-state index in [1.807, 2.05) is 161 Å². The maximum Gasteiger partial charge on any atom is 0.274 e. The molecule has 28 nitrogen and oxygen atoms in total. The van der Waals surface area contributed by atoms with Gasteiger partial charge in [-0.25, -0.2) is 59.2 Å². The molecule has 0 aliphatic heterocycles. The van der Waals surface area contributed by atoms with Crippen molar-refractivity contribution < 1.29 is 42.6 Å². The lowest BCUT2D eigenvalue weighted by atomic mass is 10.1. The number of carbonyl (C=O) groups excluding carboxylic acids is 5. The Labute approximate surface area is 728 Å². The van der Waals surface area contributed by atoms with Crippen LogP contribution in [0.3, 0.4) is 0 Å². The number of benzene rings is 8. The van der Waals surface area contributed by atoms with Gasteiger partial charge in [-0.05, 0) is 162 Å². The summed E-state index contributed by atoms with van der Waals surface area (Å²) < 4.78 is 30.3. The van der Waals surface area contributed by atoms with Gasteiger partial charge in [-0.1, -0.05) is 100 Å². The number of pyridine rings is 2. The van der Waals surface area contributed by atoms with Crippen LogP contribution in [0.5, 0.6) is 28.7 Å². The molecule has 0 saturated heterocycles. The van der Waals surface area contributed by atoms with Gasteiger partial charge in [-0.15, -0.1) is 0 Å². The second kappa shape index (κ2) is 44.5. The number of ether oxygens (including phenoxy) is 3. The number of carbonyl (C=O) groups is 5. The monoisotopic (exact) mass is 1720 g/mol. The molecule has 0 fully saturated rings. The molecule has 0 aliphatic rings. The van der Waals surface area contributed by atoms with E-state index < -0.39 is 11.7 Å². The second-order valence-corrected chi connectivity index (χ2v) is 28.2. The Hall–Kier alpha value is -15.6. The maximum absolute atomic E-state index is 13.8. The fourth-order valence-electron chi connectivity index (χ4n) is 11.5. The number of anilines is 11. The van der Waals surface area contributed by atoms with E-state index in [9.17, 15) is 28.4 Å². The lowest BCUT2D eigenvalue weighted by molar-refractivity contribution is 0.101. The van der Waals surface area contributed by atoms with Crippen LogP contribution in [0, 0.1) is 33.5 Å². The quantitative estimate of drug-likeness (QED) is 0.0421. The molecule has 15 aromatic rings. The predicted octanol–water partition coefficient (Wildman–Crippen LogP) is 20.1. The molecule has 0 spiro atoms. The third-order valence-electron chi connectivity index (χ3n) is 17.5. The molecule has 15 rings (SSSR count). The van der Waals surface area contributed by atoms with Gasteiger partial charge in [0.2, 0.25) is 0 Å². The Morgan fingerprint density at radius 2 is 0.758 bits per heavy atom. The molecular weight excluding hydrogens is 1640 g/mol. The van der Waals surface area contributed by atoms with Crippen LogP contribution in [-0.4, -0.2) is 117 Å². The molecule has 0 aliphatic carbocycles. The summed E-state index contributed by atoms with van der Waals surface area (Å²) in [6.45, 7) is 10.0. The third kappa shape index (κ3) is 27.0. The van der Waals surface area contributed by atoms with Gasteiger partial charge in [-0.2, -0.15) is 0 Å². The lowest BCUT2D eigenvalue weighted by Gasteiger charge is -2.20. The number of amides is 5. The smallest absolute Gasteiger partial charge is 0.274 e. The van der Waals surface area contributed by atoms with Crippen molar-refractivity contribution in [3.05, 3.63) is 371 Å². The highest BCUT2D eigenvalue weighted by molar-refractivity contribution is 6.34. The molecule has 8 aromatic carbocycles. The molecule has 0 saturated carbocycles. The molecule has 7 aromatic heterocycles. The van der Waals surface area contributed by atoms with E-state index >= 15 is 0 Å². The Bertz CT molecular complexity index is 6000. The summed E-state index contributed by atoms with van der Waals surface area (Å²) in [6.07, 6.45) is 24.9. The molecule has 5 N–H and O–H groups in total. The molecule has 5 amide bonds. The number of aromatic nitrogens is 12. The zero-order valence-electron chi connectivity index (χ0n) is 68.0. The van der Waals surface area contributed by atoms with Crippen molar-refractivity contribution in [1.29, 1.82) is 0 Å². The number of nitrogens with one attached hydrogen (secondary N) is 5. The molecule has 32 heteroatoms. The van der Waals surface area contributed by atoms with Gasteiger partial charge in [0, 0.05) is 113 Å². The molecular formula is C92H80Cl3FN20O8. The summed E-state index contributed by atoms with van der Waals surface area (Å²) in [4.78, 5) is 115. The number of nitrogens with zero attached hydrogens (tertiary/aromatic N) is 15. The molecule has 0 unspecified atom stereocenters. The van der Waals surface area contributed by atoms with Gasteiger partial charge in [0.1, 0.15) is 66.1 Å². The van der Waals surface area contributed by atoms with Crippen LogP contribution in [0.4, 0.5) is 67.0 Å². The molecule has 7 heterocycles. The van der Waals surface area contributed by atoms with Gasteiger partial charge >= 0.3 is 0 Å². The number of hydrogen-bond donors (Lipinski definition) is 5. The predicted molar refractivity (Wildman–Crippen MR) is 479 cm³/mol. The molecule has 624 valence electrons.